The van der Waals surface area contributed by atoms with Crippen LogP contribution in [-0.2, 0) is 14.8 Å². The van der Waals surface area contributed by atoms with Crippen molar-refractivity contribution in [3.63, 3.8) is 0 Å². The zero-order chi connectivity index (χ0) is 14.0. The number of hydrogen-bond acceptors (Lipinski definition) is 5. The Balaban J connectivity index is 2.28. The predicted molar refractivity (Wildman–Crippen MR) is 71.0 cm³/mol. The first-order chi connectivity index (χ1) is 8.98. The fourth-order valence-corrected chi connectivity index (χ4v) is 3.84. The van der Waals surface area contributed by atoms with Gasteiger partial charge in [0, 0.05) is 19.7 Å². The van der Waals surface area contributed by atoms with Crippen molar-refractivity contribution in [1.82, 2.24) is 14.5 Å². The molecule has 3 N–H and O–H groups in total. The summed E-state index contributed by atoms with van der Waals surface area (Å²) >= 11 is 0. The lowest BCUT2D eigenvalue weighted by Crippen LogP contribution is -2.42. The third kappa shape index (κ3) is 2.90. The molecule has 19 heavy (non-hydrogen) atoms. The second-order valence-electron chi connectivity index (χ2n) is 4.83. The number of ether oxygens (including phenoxy) is 1. The third-order valence-corrected chi connectivity index (χ3v) is 5.51. The Morgan fingerprint density at radius 3 is 2.79 bits per heavy atom. The Bertz CT molecular complexity index is 524. The number of aromatic amines is 1. The molecule has 0 bridgehead atoms. The van der Waals surface area contributed by atoms with Gasteiger partial charge in [-0.05, 0) is 25.7 Å². The number of H-pyrrole nitrogens is 1. The fourth-order valence-electron chi connectivity index (χ4n) is 2.15. The van der Waals surface area contributed by atoms with Crippen LogP contribution in [-0.4, -0.2) is 49.2 Å². The Hall–Kier alpha value is -1.12. The summed E-state index contributed by atoms with van der Waals surface area (Å²) in [6.45, 7) is 2.61. The minimum atomic E-state index is -3.63. The number of nitrogens with zero attached hydrogens (tertiary/aromatic N) is 2. The van der Waals surface area contributed by atoms with Gasteiger partial charge in [0.25, 0.3) is 0 Å². The Labute approximate surface area is 113 Å². The van der Waals surface area contributed by atoms with Crippen LogP contribution < -0.4 is 5.73 Å². The first-order valence-corrected chi connectivity index (χ1v) is 7.72. The second kappa shape index (κ2) is 5.48. The van der Waals surface area contributed by atoms with Crippen LogP contribution >= 0.6 is 0 Å². The maximum atomic E-state index is 12.6. The van der Waals surface area contributed by atoms with E-state index >= 15 is 0 Å². The van der Waals surface area contributed by atoms with Crippen LogP contribution in [0.1, 0.15) is 19.8 Å². The first kappa shape index (κ1) is 14.3. The maximum Gasteiger partial charge on any atom is 0.248 e. The van der Waals surface area contributed by atoms with E-state index in [4.69, 9.17) is 10.5 Å². The zero-order valence-corrected chi connectivity index (χ0v) is 12.0. The molecule has 0 amide bonds. The molecule has 0 saturated heterocycles. The normalized spacial score (nSPS) is 17.8. The highest BCUT2D eigenvalue weighted by atomic mass is 32.2. The minimum Gasteiger partial charge on any atom is -0.383 e. The van der Waals surface area contributed by atoms with Crippen molar-refractivity contribution in [3.05, 3.63) is 6.20 Å². The van der Waals surface area contributed by atoms with Gasteiger partial charge >= 0.3 is 0 Å². The third-order valence-electron chi connectivity index (χ3n) is 3.49. The summed E-state index contributed by atoms with van der Waals surface area (Å²) in [5.74, 6) is 0.505. The number of methoxy groups -OCH3 is 1. The van der Waals surface area contributed by atoms with E-state index in [1.165, 1.54) is 10.5 Å². The zero-order valence-electron chi connectivity index (χ0n) is 11.2. The maximum absolute atomic E-state index is 12.6. The van der Waals surface area contributed by atoms with Crippen LogP contribution in [0.2, 0.25) is 0 Å². The average Bonchev–Trinajstić information content (AvgIpc) is 3.11. The van der Waals surface area contributed by atoms with Crippen LogP contribution in [0.25, 0.3) is 0 Å². The molecule has 1 atom stereocenters. The van der Waals surface area contributed by atoms with Crippen LogP contribution in [0.5, 0.6) is 0 Å². The highest BCUT2D eigenvalue weighted by Crippen LogP contribution is 2.37. The molecule has 0 spiro atoms. The molecular weight excluding hydrogens is 268 g/mol. The van der Waals surface area contributed by atoms with Gasteiger partial charge in [0.05, 0.1) is 12.8 Å². The monoisotopic (exact) mass is 288 g/mol. The number of hydrogen-bond donors (Lipinski definition) is 2. The molecule has 7 nitrogen and oxygen atoms in total. The average molecular weight is 288 g/mol. The molecule has 0 aliphatic heterocycles. The topological polar surface area (TPSA) is 101 Å². The Kier molecular flexibility index (Phi) is 4.12. The molecule has 8 heteroatoms. The molecule has 0 radical (unpaired) electrons. The molecule has 1 aliphatic carbocycles. The van der Waals surface area contributed by atoms with Crippen molar-refractivity contribution in [3.8, 4) is 0 Å². The predicted octanol–water partition coefficient (Wildman–Crippen LogP) is 0.428. The molecule has 1 unspecified atom stereocenters. The highest BCUT2D eigenvalue weighted by Gasteiger charge is 2.39. The van der Waals surface area contributed by atoms with Gasteiger partial charge in [0.1, 0.15) is 10.7 Å². The molecule has 2 rings (SSSR count). The van der Waals surface area contributed by atoms with Gasteiger partial charge in [-0.2, -0.15) is 9.40 Å². The second-order valence-corrected chi connectivity index (χ2v) is 6.69. The fraction of sp³-hybridized carbons (Fsp3) is 0.727. The quantitative estimate of drug-likeness (QED) is 0.757. The lowest BCUT2D eigenvalue weighted by molar-refractivity contribution is 0.164. The summed E-state index contributed by atoms with van der Waals surface area (Å²) in [4.78, 5) is 0.0381. The van der Waals surface area contributed by atoms with E-state index < -0.39 is 10.0 Å². The molecule has 1 fully saturated rings. The number of nitrogen functional groups attached to an aromatic ring is 1. The smallest absolute Gasteiger partial charge is 0.248 e. The van der Waals surface area contributed by atoms with Crippen LogP contribution in [0.15, 0.2) is 11.1 Å². The summed E-state index contributed by atoms with van der Waals surface area (Å²) in [6.07, 6.45) is 3.40. The largest absolute Gasteiger partial charge is 0.383 e. The number of aromatic nitrogens is 2. The lowest BCUT2D eigenvalue weighted by atomic mass is 10.2. The van der Waals surface area contributed by atoms with Gasteiger partial charge in [0.15, 0.2) is 0 Å². The van der Waals surface area contributed by atoms with Crippen molar-refractivity contribution >= 4 is 15.8 Å². The number of nitrogens with one attached hydrogen (secondary N) is 1. The molecule has 108 valence electrons. The van der Waals surface area contributed by atoms with Crippen molar-refractivity contribution in [2.75, 3.05) is 26.0 Å². The van der Waals surface area contributed by atoms with Gasteiger partial charge in [-0.3, -0.25) is 5.10 Å². The van der Waals surface area contributed by atoms with E-state index in [9.17, 15) is 8.42 Å². The van der Waals surface area contributed by atoms with E-state index in [1.807, 2.05) is 6.92 Å². The van der Waals surface area contributed by atoms with Crippen LogP contribution in [0.3, 0.4) is 0 Å². The van der Waals surface area contributed by atoms with E-state index in [-0.39, 0.29) is 16.8 Å². The molecular formula is C11H20N4O3S. The summed E-state index contributed by atoms with van der Waals surface area (Å²) in [7, 11) is -2.08. The number of nitrogens with two attached hydrogens (primary N) is 1. The van der Waals surface area contributed by atoms with Gasteiger partial charge < -0.3 is 10.5 Å². The Morgan fingerprint density at radius 2 is 2.32 bits per heavy atom. The summed E-state index contributed by atoms with van der Waals surface area (Å²) in [6, 6.07) is -0.0468. The molecule has 1 aliphatic rings. The van der Waals surface area contributed by atoms with Crippen molar-refractivity contribution in [2.24, 2.45) is 5.92 Å². The standard InChI is InChI=1S/C11H20N4O3S/c1-8(9-3-4-9)15(5-6-18-2)19(16,17)10-7-13-14-11(10)12/h7-9H,3-6H2,1-2H3,(H3,12,13,14). The van der Waals surface area contributed by atoms with Gasteiger partial charge in [-0.1, -0.05) is 0 Å². The van der Waals surface area contributed by atoms with Crippen LogP contribution in [0, 0.1) is 5.92 Å². The highest BCUT2D eigenvalue weighted by molar-refractivity contribution is 7.89. The summed E-state index contributed by atoms with van der Waals surface area (Å²) < 4.78 is 31.7. The van der Waals surface area contributed by atoms with Gasteiger partial charge in [-0.25, -0.2) is 8.42 Å². The number of sulfonamides is 1. The van der Waals surface area contributed by atoms with Crippen LogP contribution in [0.4, 0.5) is 5.82 Å². The number of rotatable bonds is 7. The molecule has 1 aromatic heterocycles. The molecule has 1 heterocycles. The summed E-state index contributed by atoms with van der Waals surface area (Å²) in [5.41, 5.74) is 5.63. The lowest BCUT2D eigenvalue weighted by Gasteiger charge is -2.27. The Morgan fingerprint density at radius 1 is 1.63 bits per heavy atom. The van der Waals surface area contributed by atoms with Crippen molar-refractivity contribution in [1.29, 1.82) is 0 Å². The summed E-state index contributed by atoms with van der Waals surface area (Å²) in [5, 5.41) is 6.14. The molecule has 0 aromatic carbocycles. The minimum absolute atomic E-state index is 0.0381. The van der Waals surface area contributed by atoms with Crippen molar-refractivity contribution in [2.45, 2.75) is 30.7 Å². The van der Waals surface area contributed by atoms with E-state index in [2.05, 4.69) is 10.2 Å². The van der Waals surface area contributed by atoms with E-state index in [1.54, 1.807) is 7.11 Å². The van der Waals surface area contributed by atoms with E-state index in [0.717, 1.165) is 12.8 Å². The molecule has 1 saturated carbocycles. The van der Waals surface area contributed by atoms with Crippen molar-refractivity contribution < 1.29 is 13.2 Å². The SMILES string of the molecule is COCCN(C(C)C1CC1)S(=O)(=O)c1cn[nH]c1N. The first-order valence-electron chi connectivity index (χ1n) is 6.28. The van der Waals surface area contributed by atoms with Gasteiger partial charge in [0.2, 0.25) is 10.0 Å². The number of anilines is 1. The van der Waals surface area contributed by atoms with E-state index in [0.29, 0.717) is 19.1 Å². The molecule has 1 aromatic rings. The van der Waals surface area contributed by atoms with Gasteiger partial charge in [-0.15, -0.1) is 0 Å².